The van der Waals surface area contributed by atoms with Crippen molar-refractivity contribution in [2.24, 2.45) is 0 Å². The molecule has 1 N–H and O–H groups in total. The molecule has 2 aromatic rings. The second-order valence-corrected chi connectivity index (χ2v) is 4.87. The molecule has 0 aliphatic heterocycles. The Labute approximate surface area is 98.5 Å². The van der Waals surface area contributed by atoms with Crippen LogP contribution in [0.1, 0.15) is 34.6 Å². The minimum atomic E-state index is -0.836. The average molecular weight is 234 g/mol. The summed E-state index contributed by atoms with van der Waals surface area (Å²) in [5, 5.41) is 10.0. The Hall–Kier alpha value is -1.35. The second kappa shape index (κ2) is 4.26. The normalized spacial score (nSPS) is 10.9. The predicted molar refractivity (Wildman–Crippen MR) is 67.5 cm³/mol. The number of hydrogen-bond donors (Lipinski definition) is 1. The number of benzene rings is 1. The van der Waals surface area contributed by atoms with Crippen LogP contribution in [0, 0.1) is 0 Å². The fourth-order valence-electron chi connectivity index (χ4n) is 1.94. The zero-order valence-corrected chi connectivity index (χ0v) is 10.2. The summed E-state index contributed by atoms with van der Waals surface area (Å²) in [6.45, 7) is 4.26. The molecule has 2 rings (SSSR count). The maximum absolute atomic E-state index is 10.9. The van der Waals surface area contributed by atoms with Crippen molar-refractivity contribution in [3.05, 3.63) is 34.2 Å². The molecule has 0 aliphatic rings. The van der Waals surface area contributed by atoms with E-state index in [9.17, 15) is 4.79 Å². The van der Waals surface area contributed by atoms with E-state index in [0.29, 0.717) is 4.88 Å². The van der Waals surface area contributed by atoms with Crippen LogP contribution in [0.2, 0.25) is 0 Å². The Bertz CT molecular complexity index is 499. The molecule has 0 amide bonds. The number of thiophene rings is 1. The molecule has 1 aromatic heterocycles. The first-order chi connectivity index (χ1) is 7.65. The van der Waals surface area contributed by atoms with Gasteiger partial charge in [-0.3, -0.25) is 0 Å². The van der Waals surface area contributed by atoms with Crippen molar-refractivity contribution in [3.63, 3.8) is 0 Å². The van der Waals surface area contributed by atoms with Crippen LogP contribution in [-0.4, -0.2) is 11.1 Å². The van der Waals surface area contributed by atoms with Gasteiger partial charge in [-0.2, -0.15) is 0 Å². The van der Waals surface area contributed by atoms with Gasteiger partial charge in [-0.05, 0) is 41.5 Å². The van der Waals surface area contributed by atoms with Gasteiger partial charge in [-0.15, -0.1) is 11.3 Å². The summed E-state index contributed by atoms with van der Waals surface area (Å²) < 4.78 is 1.08. The molecule has 0 saturated carbocycles. The molecular weight excluding hydrogens is 220 g/mol. The van der Waals surface area contributed by atoms with E-state index in [4.69, 9.17) is 5.11 Å². The Kier molecular flexibility index (Phi) is 2.97. The molecule has 16 heavy (non-hydrogen) atoms. The second-order valence-electron chi connectivity index (χ2n) is 3.78. The molecule has 0 unspecified atom stereocenters. The van der Waals surface area contributed by atoms with Gasteiger partial charge in [-0.1, -0.05) is 19.9 Å². The van der Waals surface area contributed by atoms with Gasteiger partial charge in [0.25, 0.3) is 0 Å². The van der Waals surface area contributed by atoms with Crippen LogP contribution in [0.25, 0.3) is 10.1 Å². The first kappa shape index (κ1) is 11.1. The van der Waals surface area contributed by atoms with E-state index in [2.05, 4.69) is 26.0 Å². The molecular formula is C13H14O2S. The van der Waals surface area contributed by atoms with Crippen molar-refractivity contribution in [3.8, 4) is 0 Å². The van der Waals surface area contributed by atoms with Gasteiger partial charge in [0.05, 0.1) is 0 Å². The van der Waals surface area contributed by atoms with Gasteiger partial charge in [0.1, 0.15) is 4.88 Å². The topological polar surface area (TPSA) is 37.3 Å². The zero-order valence-electron chi connectivity index (χ0n) is 9.41. The smallest absolute Gasteiger partial charge is 0.345 e. The number of hydrogen-bond acceptors (Lipinski definition) is 2. The molecule has 0 saturated heterocycles. The van der Waals surface area contributed by atoms with E-state index in [0.717, 1.165) is 22.9 Å². The molecule has 0 bridgehead atoms. The van der Waals surface area contributed by atoms with Crippen LogP contribution in [0.3, 0.4) is 0 Å². The molecule has 0 radical (unpaired) electrons. The minimum Gasteiger partial charge on any atom is -0.477 e. The summed E-state index contributed by atoms with van der Waals surface area (Å²) in [6, 6.07) is 6.02. The highest BCUT2D eigenvalue weighted by atomic mass is 32.1. The Morgan fingerprint density at radius 3 is 2.38 bits per heavy atom. The maximum Gasteiger partial charge on any atom is 0.345 e. The van der Waals surface area contributed by atoms with E-state index in [1.54, 1.807) is 6.07 Å². The Morgan fingerprint density at radius 2 is 1.81 bits per heavy atom. The molecule has 1 aromatic carbocycles. The summed E-state index contributed by atoms with van der Waals surface area (Å²) in [5.74, 6) is -0.836. The number of carboxylic acids is 1. The molecule has 3 heteroatoms. The number of fused-ring (bicyclic) bond motifs is 1. The standard InChI is InChI=1S/C13H14O2S/c1-3-8-5-10-7-12(13(14)15)16-11(10)6-9(8)4-2/h5-7H,3-4H2,1-2H3,(H,14,15). The van der Waals surface area contributed by atoms with Crippen molar-refractivity contribution in [2.75, 3.05) is 0 Å². The fraction of sp³-hybridized carbons (Fsp3) is 0.308. The fourth-order valence-corrected chi connectivity index (χ4v) is 2.89. The summed E-state index contributed by atoms with van der Waals surface area (Å²) in [6.07, 6.45) is 2.00. The maximum atomic E-state index is 10.9. The summed E-state index contributed by atoms with van der Waals surface area (Å²) in [7, 11) is 0. The highest BCUT2D eigenvalue weighted by Crippen LogP contribution is 2.29. The van der Waals surface area contributed by atoms with Crippen LogP contribution in [0.15, 0.2) is 18.2 Å². The SMILES string of the molecule is CCc1cc2cc(C(=O)O)sc2cc1CC. The van der Waals surface area contributed by atoms with E-state index >= 15 is 0 Å². The largest absolute Gasteiger partial charge is 0.477 e. The van der Waals surface area contributed by atoms with Gasteiger partial charge in [0.2, 0.25) is 0 Å². The highest BCUT2D eigenvalue weighted by molar-refractivity contribution is 7.20. The Morgan fingerprint density at radius 1 is 1.19 bits per heavy atom. The number of carbonyl (C=O) groups is 1. The lowest BCUT2D eigenvalue weighted by Gasteiger charge is -2.05. The molecule has 0 aliphatic carbocycles. The van der Waals surface area contributed by atoms with E-state index in [1.165, 1.54) is 22.5 Å². The minimum absolute atomic E-state index is 0.422. The van der Waals surface area contributed by atoms with E-state index < -0.39 is 5.97 Å². The van der Waals surface area contributed by atoms with Crippen LogP contribution in [-0.2, 0) is 12.8 Å². The molecule has 0 fully saturated rings. The number of aromatic carboxylic acids is 1. The molecule has 0 atom stereocenters. The molecule has 0 spiro atoms. The van der Waals surface area contributed by atoms with Crippen LogP contribution in [0.5, 0.6) is 0 Å². The zero-order chi connectivity index (χ0) is 11.7. The quantitative estimate of drug-likeness (QED) is 0.878. The number of rotatable bonds is 3. The van der Waals surface area contributed by atoms with Gasteiger partial charge in [0, 0.05) is 4.70 Å². The van der Waals surface area contributed by atoms with Gasteiger partial charge < -0.3 is 5.11 Å². The third kappa shape index (κ3) is 1.83. The van der Waals surface area contributed by atoms with Gasteiger partial charge in [0.15, 0.2) is 0 Å². The summed E-state index contributed by atoms with van der Waals surface area (Å²) in [5.41, 5.74) is 2.65. The monoisotopic (exact) mass is 234 g/mol. The predicted octanol–water partition coefficient (Wildman–Crippen LogP) is 3.72. The molecule has 2 nitrogen and oxygen atoms in total. The van der Waals surface area contributed by atoms with Crippen molar-refractivity contribution in [1.82, 2.24) is 0 Å². The number of carboxylic acid groups (broad SMARTS) is 1. The van der Waals surface area contributed by atoms with Gasteiger partial charge in [-0.25, -0.2) is 4.79 Å². The number of aryl methyl sites for hydroxylation is 2. The average Bonchev–Trinajstić information content (AvgIpc) is 2.69. The lowest BCUT2D eigenvalue weighted by Crippen LogP contribution is -1.90. The van der Waals surface area contributed by atoms with Gasteiger partial charge >= 0.3 is 5.97 Å². The third-order valence-electron chi connectivity index (χ3n) is 2.81. The molecule has 1 heterocycles. The van der Waals surface area contributed by atoms with Crippen molar-refractivity contribution in [1.29, 1.82) is 0 Å². The van der Waals surface area contributed by atoms with Crippen LogP contribution >= 0.6 is 11.3 Å². The highest BCUT2D eigenvalue weighted by Gasteiger charge is 2.10. The summed E-state index contributed by atoms with van der Waals surface area (Å²) >= 11 is 1.35. The van der Waals surface area contributed by atoms with E-state index in [-0.39, 0.29) is 0 Å². The van der Waals surface area contributed by atoms with Crippen LogP contribution in [0.4, 0.5) is 0 Å². The lowest BCUT2D eigenvalue weighted by molar-refractivity contribution is 0.0702. The van der Waals surface area contributed by atoms with E-state index in [1.807, 2.05) is 0 Å². The Balaban J connectivity index is 2.64. The molecule has 84 valence electrons. The lowest BCUT2D eigenvalue weighted by atomic mass is 10.0. The first-order valence-corrected chi connectivity index (χ1v) is 6.26. The van der Waals surface area contributed by atoms with Crippen molar-refractivity contribution < 1.29 is 9.90 Å². The van der Waals surface area contributed by atoms with Crippen LogP contribution < -0.4 is 0 Å². The summed E-state index contributed by atoms with van der Waals surface area (Å²) in [4.78, 5) is 11.3. The first-order valence-electron chi connectivity index (χ1n) is 5.44. The third-order valence-corrected chi connectivity index (χ3v) is 3.90. The van der Waals surface area contributed by atoms with Crippen molar-refractivity contribution >= 4 is 27.4 Å². The van der Waals surface area contributed by atoms with Crippen molar-refractivity contribution in [2.45, 2.75) is 26.7 Å².